The van der Waals surface area contributed by atoms with Crippen molar-refractivity contribution in [3.63, 3.8) is 0 Å². The molecular formula is C15H14O3. The smallest absolute Gasteiger partial charge is 0.337 e. The Hall–Kier alpha value is -2.29. The van der Waals surface area contributed by atoms with Crippen LogP contribution in [0, 0.1) is 0 Å². The van der Waals surface area contributed by atoms with Gasteiger partial charge in [0, 0.05) is 0 Å². The molecule has 0 radical (unpaired) electrons. The van der Waals surface area contributed by atoms with E-state index in [1.807, 2.05) is 36.4 Å². The first-order chi connectivity index (χ1) is 8.65. The Morgan fingerprint density at radius 1 is 1.06 bits per heavy atom. The summed E-state index contributed by atoms with van der Waals surface area (Å²) < 4.78 is 9.82. The molecule has 2 aromatic rings. The van der Waals surface area contributed by atoms with Gasteiger partial charge >= 0.3 is 5.97 Å². The van der Waals surface area contributed by atoms with Crippen molar-refractivity contribution in [2.24, 2.45) is 0 Å². The van der Waals surface area contributed by atoms with Crippen molar-refractivity contribution in [3.8, 4) is 5.75 Å². The number of hydrogen-bond acceptors (Lipinski definition) is 3. The van der Waals surface area contributed by atoms with Crippen LogP contribution in [0.4, 0.5) is 0 Å². The topological polar surface area (TPSA) is 35.5 Å². The fourth-order valence-electron chi connectivity index (χ4n) is 1.78. The minimum Gasteiger partial charge on any atom is -0.497 e. The summed E-state index contributed by atoms with van der Waals surface area (Å²) in [6, 6.07) is 11.5. The molecule has 0 bridgehead atoms. The summed E-state index contributed by atoms with van der Waals surface area (Å²) in [4.78, 5) is 11.4. The maximum atomic E-state index is 11.4. The van der Waals surface area contributed by atoms with Gasteiger partial charge in [-0.05, 0) is 34.5 Å². The maximum Gasteiger partial charge on any atom is 0.337 e. The van der Waals surface area contributed by atoms with Gasteiger partial charge in [-0.1, -0.05) is 24.8 Å². The van der Waals surface area contributed by atoms with Gasteiger partial charge in [-0.3, -0.25) is 0 Å². The molecule has 0 saturated carbocycles. The predicted octanol–water partition coefficient (Wildman–Crippen LogP) is 3.03. The fourth-order valence-corrected chi connectivity index (χ4v) is 1.78. The number of hydrogen-bond donors (Lipinski definition) is 0. The highest BCUT2D eigenvalue weighted by Crippen LogP contribution is 2.24. The van der Waals surface area contributed by atoms with E-state index in [2.05, 4.69) is 11.3 Å². The van der Waals surface area contributed by atoms with Crippen LogP contribution in [0.15, 0.2) is 43.0 Å². The number of carbonyl (C=O) groups is 1. The fraction of sp³-hybridized carbons (Fsp3) is 0.133. The Bertz CT molecular complexity index is 614. The summed E-state index contributed by atoms with van der Waals surface area (Å²) in [6.07, 6.45) is 0. The largest absolute Gasteiger partial charge is 0.497 e. The molecule has 0 aromatic heterocycles. The molecule has 0 N–H and O–H groups in total. The van der Waals surface area contributed by atoms with Crippen LogP contribution in [0.25, 0.3) is 16.3 Å². The summed E-state index contributed by atoms with van der Waals surface area (Å²) >= 11 is 0. The lowest BCUT2D eigenvalue weighted by atomic mass is 10.0. The van der Waals surface area contributed by atoms with E-state index in [9.17, 15) is 4.79 Å². The number of carbonyl (C=O) groups excluding carboxylic acids is 1. The molecule has 0 atom stereocenters. The average molecular weight is 242 g/mol. The van der Waals surface area contributed by atoms with Crippen LogP contribution >= 0.6 is 0 Å². The third-order valence-corrected chi connectivity index (χ3v) is 2.83. The van der Waals surface area contributed by atoms with E-state index in [-0.39, 0.29) is 0 Å². The van der Waals surface area contributed by atoms with E-state index in [1.165, 1.54) is 7.11 Å². The minimum atomic E-state index is -0.414. The van der Waals surface area contributed by atoms with Gasteiger partial charge < -0.3 is 9.47 Å². The molecule has 18 heavy (non-hydrogen) atoms. The second kappa shape index (κ2) is 4.92. The molecule has 0 amide bonds. The van der Waals surface area contributed by atoms with Crippen molar-refractivity contribution in [3.05, 3.63) is 48.5 Å². The first-order valence-electron chi connectivity index (χ1n) is 5.51. The first-order valence-corrected chi connectivity index (χ1v) is 5.51. The SMILES string of the molecule is C=C(C(=O)OC)c1ccc2cc(OC)ccc2c1. The van der Waals surface area contributed by atoms with Crippen LogP contribution < -0.4 is 4.74 Å². The highest BCUT2D eigenvalue weighted by molar-refractivity contribution is 6.16. The minimum absolute atomic E-state index is 0.357. The second-order valence-electron chi connectivity index (χ2n) is 3.90. The number of methoxy groups -OCH3 is 2. The average Bonchev–Trinajstić information content (AvgIpc) is 2.44. The Labute approximate surface area is 106 Å². The summed E-state index contributed by atoms with van der Waals surface area (Å²) in [5, 5.41) is 2.08. The van der Waals surface area contributed by atoms with E-state index in [1.54, 1.807) is 7.11 Å². The van der Waals surface area contributed by atoms with Gasteiger partial charge in [0.1, 0.15) is 5.75 Å². The van der Waals surface area contributed by atoms with Crippen LogP contribution in [-0.2, 0) is 9.53 Å². The van der Waals surface area contributed by atoms with Crippen molar-refractivity contribution in [1.29, 1.82) is 0 Å². The molecule has 0 aliphatic heterocycles. The molecule has 0 aliphatic rings. The lowest BCUT2D eigenvalue weighted by Gasteiger charge is -2.06. The van der Waals surface area contributed by atoms with E-state index < -0.39 is 5.97 Å². The Balaban J connectivity index is 2.45. The highest BCUT2D eigenvalue weighted by atomic mass is 16.5. The standard InChI is InChI=1S/C15H14O3/c1-10(15(16)18-3)11-4-5-13-9-14(17-2)7-6-12(13)8-11/h4-9H,1H2,2-3H3. The van der Waals surface area contributed by atoms with Gasteiger partial charge in [0.25, 0.3) is 0 Å². The van der Waals surface area contributed by atoms with E-state index >= 15 is 0 Å². The van der Waals surface area contributed by atoms with Gasteiger partial charge in [-0.2, -0.15) is 0 Å². The van der Waals surface area contributed by atoms with Gasteiger partial charge in [-0.15, -0.1) is 0 Å². The molecule has 3 nitrogen and oxygen atoms in total. The van der Waals surface area contributed by atoms with Gasteiger partial charge in [0.15, 0.2) is 0 Å². The number of rotatable bonds is 3. The molecule has 0 fully saturated rings. The quantitative estimate of drug-likeness (QED) is 0.613. The normalized spacial score (nSPS) is 10.1. The van der Waals surface area contributed by atoms with Gasteiger partial charge in [-0.25, -0.2) is 4.79 Å². The lowest BCUT2D eigenvalue weighted by molar-refractivity contribution is -0.133. The third kappa shape index (κ3) is 2.20. The maximum absolute atomic E-state index is 11.4. The Morgan fingerprint density at radius 2 is 1.72 bits per heavy atom. The molecule has 92 valence electrons. The summed E-state index contributed by atoms with van der Waals surface area (Å²) in [5.41, 5.74) is 1.12. The van der Waals surface area contributed by atoms with Crippen LogP contribution in [0.3, 0.4) is 0 Å². The number of benzene rings is 2. The van der Waals surface area contributed by atoms with E-state index in [0.717, 1.165) is 22.1 Å². The molecule has 0 spiro atoms. The zero-order valence-electron chi connectivity index (χ0n) is 10.4. The van der Waals surface area contributed by atoms with Crippen molar-refractivity contribution in [2.75, 3.05) is 14.2 Å². The number of fused-ring (bicyclic) bond motifs is 1. The molecule has 0 saturated heterocycles. The summed E-state index contributed by atoms with van der Waals surface area (Å²) in [7, 11) is 2.98. The molecule has 0 unspecified atom stereocenters. The highest BCUT2D eigenvalue weighted by Gasteiger charge is 2.09. The molecule has 2 aromatic carbocycles. The number of esters is 1. The Kier molecular flexibility index (Phi) is 3.33. The summed E-state index contributed by atoms with van der Waals surface area (Å²) in [6.45, 7) is 3.74. The third-order valence-electron chi connectivity index (χ3n) is 2.83. The molecule has 3 heteroatoms. The number of ether oxygens (including phenoxy) is 2. The Morgan fingerprint density at radius 3 is 2.39 bits per heavy atom. The summed E-state index contributed by atoms with van der Waals surface area (Å²) in [5.74, 6) is 0.393. The monoisotopic (exact) mass is 242 g/mol. The van der Waals surface area contributed by atoms with Gasteiger partial charge in [0.05, 0.1) is 19.8 Å². The van der Waals surface area contributed by atoms with E-state index in [4.69, 9.17) is 4.74 Å². The first kappa shape index (κ1) is 12.2. The zero-order chi connectivity index (χ0) is 13.1. The molecular weight excluding hydrogens is 228 g/mol. The van der Waals surface area contributed by atoms with Crippen LogP contribution in [0.1, 0.15) is 5.56 Å². The molecule has 0 heterocycles. The lowest BCUT2D eigenvalue weighted by Crippen LogP contribution is -2.02. The van der Waals surface area contributed by atoms with Crippen molar-refractivity contribution >= 4 is 22.3 Å². The van der Waals surface area contributed by atoms with E-state index in [0.29, 0.717) is 5.57 Å². The molecule has 0 aliphatic carbocycles. The second-order valence-corrected chi connectivity index (χ2v) is 3.90. The zero-order valence-corrected chi connectivity index (χ0v) is 10.4. The van der Waals surface area contributed by atoms with Crippen LogP contribution in [0.2, 0.25) is 0 Å². The van der Waals surface area contributed by atoms with Crippen molar-refractivity contribution < 1.29 is 14.3 Å². The van der Waals surface area contributed by atoms with Crippen LogP contribution in [0.5, 0.6) is 5.75 Å². The van der Waals surface area contributed by atoms with Crippen molar-refractivity contribution in [2.45, 2.75) is 0 Å². The molecule has 2 rings (SSSR count). The van der Waals surface area contributed by atoms with Crippen LogP contribution in [-0.4, -0.2) is 20.2 Å². The predicted molar refractivity (Wildman–Crippen MR) is 71.6 cm³/mol. The van der Waals surface area contributed by atoms with Crippen molar-refractivity contribution in [1.82, 2.24) is 0 Å². The van der Waals surface area contributed by atoms with Gasteiger partial charge in [0.2, 0.25) is 0 Å².